The zero-order valence-corrected chi connectivity index (χ0v) is 13.4. The van der Waals surface area contributed by atoms with Crippen molar-refractivity contribution in [3.63, 3.8) is 0 Å². The fourth-order valence-corrected chi connectivity index (χ4v) is 2.75. The SMILES string of the molecule is COc1ccc(C(Br)c2ccc(C(C)C)cc2)c(F)c1. The molecular formula is C17H18BrFO. The molecule has 0 aliphatic rings. The van der Waals surface area contributed by atoms with Crippen molar-refractivity contribution in [3.05, 3.63) is 65.0 Å². The molecule has 3 heteroatoms. The molecule has 0 bridgehead atoms. The van der Waals surface area contributed by atoms with E-state index in [9.17, 15) is 4.39 Å². The van der Waals surface area contributed by atoms with Crippen LogP contribution >= 0.6 is 15.9 Å². The van der Waals surface area contributed by atoms with Crippen LogP contribution < -0.4 is 4.74 Å². The number of methoxy groups -OCH3 is 1. The zero-order chi connectivity index (χ0) is 14.7. The van der Waals surface area contributed by atoms with Crippen LogP contribution in [0.3, 0.4) is 0 Å². The lowest BCUT2D eigenvalue weighted by Crippen LogP contribution is -1.98. The molecule has 0 aliphatic carbocycles. The van der Waals surface area contributed by atoms with Gasteiger partial charge in [-0.05, 0) is 23.1 Å². The highest BCUT2D eigenvalue weighted by atomic mass is 79.9. The quantitative estimate of drug-likeness (QED) is 0.675. The Kier molecular flexibility index (Phi) is 4.81. The number of alkyl halides is 1. The predicted molar refractivity (Wildman–Crippen MR) is 84.3 cm³/mol. The highest BCUT2D eigenvalue weighted by Crippen LogP contribution is 2.34. The largest absolute Gasteiger partial charge is 0.497 e. The summed E-state index contributed by atoms with van der Waals surface area (Å²) in [6.07, 6.45) is 0. The van der Waals surface area contributed by atoms with Crippen molar-refractivity contribution in [3.8, 4) is 5.75 Å². The van der Waals surface area contributed by atoms with E-state index in [4.69, 9.17) is 4.74 Å². The second kappa shape index (κ2) is 6.40. The van der Waals surface area contributed by atoms with Gasteiger partial charge in [0.15, 0.2) is 0 Å². The minimum Gasteiger partial charge on any atom is -0.497 e. The fourth-order valence-electron chi connectivity index (χ4n) is 2.07. The van der Waals surface area contributed by atoms with Crippen molar-refractivity contribution in [1.29, 1.82) is 0 Å². The van der Waals surface area contributed by atoms with Gasteiger partial charge in [-0.3, -0.25) is 0 Å². The molecule has 0 fully saturated rings. The Bertz CT molecular complexity index is 578. The molecule has 2 aromatic rings. The normalized spacial score (nSPS) is 12.5. The minimum atomic E-state index is -0.265. The number of halogens is 2. The van der Waals surface area contributed by atoms with Crippen LogP contribution in [0.5, 0.6) is 5.75 Å². The van der Waals surface area contributed by atoms with Crippen molar-refractivity contribution in [1.82, 2.24) is 0 Å². The topological polar surface area (TPSA) is 9.23 Å². The first-order valence-corrected chi connectivity index (χ1v) is 7.52. The summed E-state index contributed by atoms with van der Waals surface area (Å²) in [5, 5.41) is 0. The molecule has 0 heterocycles. The summed E-state index contributed by atoms with van der Waals surface area (Å²) in [7, 11) is 1.53. The van der Waals surface area contributed by atoms with Crippen LogP contribution in [0.15, 0.2) is 42.5 Å². The van der Waals surface area contributed by atoms with Crippen LogP contribution in [0.1, 0.15) is 41.3 Å². The number of hydrogen-bond acceptors (Lipinski definition) is 1. The second-order valence-electron chi connectivity index (χ2n) is 5.07. The Morgan fingerprint density at radius 3 is 2.10 bits per heavy atom. The minimum absolute atomic E-state index is 0.158. The molecule has 0 aromatic heterocycles. The summed E-state index contributed by atoms with van der Waals surface area (Å²) in [5.41, 5.74) is 2.94. The van der Waals surface area contributed by atoms with E-state index in [1.54, 1.807) is 12.1 Å². The standard InChI is InChI=1S/C17H18BrFO/c1-11(2)12-4-6-13(7-5-12)17(18)15-9-8-14(20-3)10-16(15)19/h4-11,17H,1-3H3. The monoisotopic (exact) mass is 336 g/mol. The molecule has 2 rings (SSSR count). The van der Waals surface area contributed by atoms with Gasteiger partial charge >= 0.3 is 0 Å². The number of benzene rings is 2. The molecule has 0 amide bonds. The summed E-state index contributed by atoms with van der Waals surface area (Å²) < 4.78 is 19.1. The maximum atomic E-state index is 14.1. The first-order chi connectivity index (χ1) is 9.52. The maximum Gasteiger partial charge on any atom is 0.131 e. The maximum absolute atomic E-state index is 14.1. The van der Waals surface area contributed by atoms with E-state index in [-0.39, 0.29) is 10.6 Å². The molecule has 1 atom stereocenters. The lowest BCUT2D eigenvalue weighted by Gasteiger charge is -2.14. The lowest BCUT2D eigenvalue weighted by atomic mass is 9.98. The highest BCUT2D eigenvalue weighted by molar-refractivity contribution is 9.09. The number of rotatable bonds is 4. The summed E-state index contributed by atoms with van der Waals surface area (Å²) >= 11 is 3.57. The molecule has 0 radical (unpaired) electrons. The van der Waals surface area contributed by atoms with Crippen molar-refractivity contribution in [2.24, 2.45) is 0 Å². The Morgan fingerprint density at radius 2 is 1.60 bits per heavy atom. The summed E-state index contributed by atoms with van der Waals surface area (Å²) in [6, 6.07) is 13.2. The van der Waals surface area contributed by atoms with Crippen LogP contribution in [-0.4, -0.2) is 7.11 Å². The number of hydrogen-bond donors (Lipinski definition) is 0. The first kappa shape index (κ1) is 15.0. The summed E-state index contributed by atoms with van der Waals surface area (Å²) in [6.45, 7) is 4.31. The van der Waals surface area contributed by atoms with Gasteiger partial charge in [0.1, 0.15) is 11.6 Å². The van der Waals surface area contributed by atoms with E-state index in [0.29, 0.717) is 17.2 Å². The van der Waals surface area contributed by atoms with Gasteiger partial charge in [0.05, 0.1) is 11.9 Å². The van der Waals surface area contributed by atoms with Crippen molar-refractivity contribution in [2.75, 3.05) is 7.11 Å². The Labute approximate surface area is 127 Å². The van der Waals surface area contributed by atoms with Gasteiger partial charge in [-0.1, -0.05) is 60.1 Å². The van der Waals surface area contributed by atoms with Gasteiger partial charge < -0.3 is 4.74 Å². The molecule has 0 aliphatic heterocycles. The molecule has 106 valence electrons. The van der Waals surface area contributed by atoms with E-state index in [2.05, 4.69) is 41.9 Å². The Balaban J connectivity index is 2.28. The van der Waals surface area contributed by atoms with Crippen molar-refractivity contribution < 1.29 is 9.13 Å². The van der Waals surface area contributed by atoms with Crippen molar-refractivity contribution in [2.45, 2.75) is 24.6 Å². The lowest BCUT2D eigenvalue weighted by molar-refractivity contribution is 0.411. The molecule has 20 heavy (non-hydrogen) atoms. The van der Waals surface area contributed by atoms with Gasteiger partial charge in [-0.2, -0.15) is 0 Å². The molecule has 1 unspecified atom stereocenters. The van der Waals surface area contributed by atoms with Crippen molar-refractivity contribution >= 4 is 15.9 Å². The molecule has 1 nitrogen and oxygen atoms in total. The highest BCUT2D eigenvalue weighted by Gasteiger charge is 2.15. The van der Waals surface area contributed by atoms with Crippen LogP contribution in [0.2, 0.25) is 0 Å². The van der Waals surface area contributed by atoms with Gasteiger partial charge in [0.25, 0.3) is 0 Å². The van der Waals surface area contributed by atoms with Gasteiger partial charge in [0.2, 0.25) is 0 Å². The first-order valence-electron chi connectivity index (χ1n) is 6.60. The van der Waals surface area contributed by atoms with Gasteiger partial charge in [0, 0.05) is 11.6 Å². The van der Waals surface area contributed by atoms with E-state index >= 15 is 0 Å². The Morgan fingerprint density at radius 1 is 1.00 bits per heavy atom. The van der Waals surface area contributed by atoms with Crippen LogP contribution in [0.25, 0.3) is 0 Å². The van der Waals surface area contributed by atoms with Crippen LogP contribution in [0.4, 0.5) is 4.39 Å². The van der Waals surface area contributed by atoms with Crippen LogP contribution in [-0.2, 0) is 0 Å². The van der Waals surface area contributed by atoms with Gasteiger partial charge in [-0.25, -0.2) is 4.39 Å². The molecule has 2 aromatic carbocycles. The van der Waals surface area contributed by atoms with E-state index < -0.39 is 0 Å². The second-order valence-corrected chi connectivity index (χ2v) is 5.99. The molecule has 0 saturated carbocycles. The predicted octanol–water partition coefficient (Wildman–Crippen LogP) is 5.44. The average Bonchev–Trinajstić information content (AvgIpc) is 2.46. The third kappa shape index (κ3) is 3.21. The van der Waals surface area contributed by atoms with E-state index in [1.807, 2.05) is 12.1 Å². The smallest absolute Gasteiger partial charge is 0.131 e. The van der Waals surface area contributed by atoms with Crippen LogP contribution in [0, 0.1) is 5.82 Å². The van der Waals surface area contributed by atoms with E-state index in [1.165, 1.54) is 18.7 Å². The molecule has 0 spiro atoms. The zero-order valence-electron chi connectivity index (χ0n) is 11.9. The summed E-state index contributed by atoms with van der Waals surface area (Å²) in [4.78, 5) is -0.158. The third-order valence-electron chi connectivity index (χ3n) is 3.38. The van der Waals surface area contributed by atoms with Gasteiger partial charge in [-0.15, -0.1) is 0 Å². The average molecular weight is 337 g/mol. The summed E-state index contributed by atoms with van der Waals surface area (Å²) in [5.74, 6) is 0.760. The number of ether oxygens (including phenoxy) is 1. The molecular weight excluding hydrogens is 319 g/mol. The Hall–Kier alpha value is -1.35. The third-order valence-corrected chi connectivity index (χ3v) is 4.40. The molecule has 0 N–H and O–H groups in total. The van der Waals surface area contributed by atoms with E-state index in [0.717, 1.165) is 5.56 Å². The molecule has 0 saturated heterocycles. The fraction of sp³-hybridized carbons (Fsp3) is 0.294.